The molecule has 3 aliphatic heterocycles. The molecule has 3 aliphatic rings. The topological polar surface area (TPSA) is 171 Å². The molecule has 15 heteroatoms. The number of methoxy groups -OCH3 is 1. The van der Waals surface area contributed by atoms with Crippen LogP contribution in [-0.4, -0.2) is 113 Å². The van der Waals surface area contributed by atoms with Crippen LogP contribution in [0.2, 0.25) is 0 Å². The van der Waals surface area contributed by atoms with E-state index in [1.807, 2.05) is 39.0 Å². The molecule has 5 heterocycles. The predicted molar refractivity (Wildman–Crippen MR) is 246 cm³/mol. The number of nitrogens with zero attached hydrogens (tertiary/aromatic N) is 4. The number of aromatic hydroxyl groups is 1. The first-order valence-corrected chi connectivity index (χ1v) is 22.9. The van der Waals surface area contributed by atoms with Crippen molar-refractivity contribution in [1.29, 1.82) is 0 Å². The van der Waals surface area contributed by atoms with Crippen LogP contribution in [0.15, 0.2) is 67.4 Å². The van der Waals surface area contributed by atoms with E-state index >= 15 is 0 Å². The summed E-state index contributed by atoms with van der Waals surface area (Å²) in [6.45, 7) is 14.4. The Labute approximate surface area is 379 Å². The Morgan fingerprint density at radius 3 is 2.61 bits per heavy atom. The number of carbonyl (C=O) groups excluding carboxylic acids is 5. The molecule has 3 N–H and O–H groups in total. The SMILES string of the molecule is C=CC(=O)N1CC[C@H](C(=O)N(C)[C@H](C(=O)N[C@H]2Cc3cc(O)cc(c3)-c3ccc4sc(-c5cccnc5[C@H](C)OC)c(c4c3)CC(C)(C)COC(=O)[C@@H]3CCCN(N3)C2=O)C(C)C)C1. The molecular formula is C49H60N6O8S. The second-order valence-electron chi connectivity index (χ2n) is 18.5. The molecule has 2 fully saturated rings. The van der Waals surface area contributed by atoms with Gasteiger partial charge >= 0.3 is 5.97 Å². The van der Waals surface area contributed by atoms with Crippen molar-refractivity contribution in [3.8, 4) is 27.3 Å². The molecule has 4 amide bonds. The molecule has 4 aromatic rings. The molecule has 340 valence electrons. The summed E-state index contributed by atoms with van der Waals surface area (Å²) in [6.07, 6.45) is 4.71. The van der Waals surface area contributed by atoms with Gasteiger partial charge in [0.15, 0.2) is 0 Å². The zero-order chi connectivity index (χ0) is 46.0. The Bertz CT molecular complexity index is 2450. The molecule has 0 spiro atoms. The van der Waals surface area contributed by atoms with E-state index in [9.17, 15) is 29.1 Å². The number of rotatable bonds is 9. The first kappa shape index (κ1) is 46.4. The van der Waals surface area contributed by atoms with Gasteiger partial charge in [0, 0.05) is 67.0 Å². The number of esters is 1. The lowest BCUT2D eigenvalue weighted by molar-refractivity contribution is -0.155. The molecule has 2 aromatic heterocycles. The van der Waals surface area contributed by atoms with E-state index in [0.717, 1.165) is 42.9 Å². The van der Waals surface area contributed by atoms with Crippen LogP contribution in [0, 0.1) is 17.3 Å². The Kier molecular flexibility index (Phi) is 13.9. The highest BCUT2D eigenvalue weighted by Gasteiger charge is 2.40. The van der Waals surface area contributed by atoms with Crippen LogP contribution in [0.25, 0.3) is 31.7 Å². The van der Waals surface area contributed by atoms with Crippen molar-refractivity contribution in [2.45, 2.75) is 91.0 Å². The second-order valence-corrected chi connectivity index (χ2v) is 19.5. The molecule has 0 unspecified atom stereocenters. The lowest BCUT2D eigenvalue weighted by atomic mass is 9.84. The van der Waals surface area contributed by atoms with Gasteiger partial charge in [-0.05, 0) is 103 Å². The molecule has 2 aromatic carbocycles. The maximum atomic E-state index is 14.7. The van der Waals surface area contributed by atoms with Crippen LogP contribution in [0.5, 0.6) is 5.75 Å². The van der Waals surface area contributed by atoms with Gasteiger partial charge in [0.2, 0.25) is 17.7 Å². The summed E-state index contributed by atoms with van der Waals surface area (Å²) < 4.78 is 12.9. The van der Waals surface area contributed by atoms with E-state index in [0.29, 0.717) is 37.8 Å². The third kappa shape index (κ3) is 9.86. The van der Waals surface area contributed by atoms with E-state index in [2.05, 4.69) is 49.4 Å². The molecule has 5 atom stereocenters. The monoisotopic (exact) mass is 892 g/mol. The van der Waals surface area contributed by atoms with Crippen molar-refractivity contribution in [1.82, 2.24) is 30.5 Å². The van der Waals surface area contributed by atoms with Crippen LogP contribution in [0.4, 0.5) is 0 Å². The van der Waals surface area contributed by atoms with Gasteiger partial charge in [0.25, 0.3) is 5.91 Å². The molecule has 0 aliphatic carbocycles. The molecule has 64 heavy (non-hydrogen) atoms. The molecular weight excluding hydrogens is 833 g/mol. The fraction of sp³-hybridized carbons (Fsp3) is 0.469. The fourth-order valence-corrected chi connectivity index (χ4v) is 10.5. The number of likely N-dealkylation sites (N-methyl/N-ethyl adjacent to an activating group) is 1. The number of thiophene rings is 1. The van der Waals surface area contributed by atoms with E-state index in [1.54, 1.807) is 48.7 Å². The molecule has 2 saturated heterocycles. The summed E-state index contributed by atoms with van der Waals surface area (Å²) in [6, 6.07) is 12.5. The highest BCUT2D eigenvalue weighted by Crippen LogP contribution is 2.45. The smallest absolute Gasteiger partial charge is 0.324 e. The number of pyridine rings is 1. The van der Waals surface area contributed by atoms with E-state index in [1.165, 1.54) is 16.0 Å². The number of hydrogen-bond acceptors (Lipinski definition) is 11. The van der Waals surface area contributed by atoms with Gasteiger partial charge in [0.1, 0.15) is 23.9 Å². The largest absolute Gasteiger partial charge is 0.508 e. The van der Waals surface area contributed by atoms with Crippen molar-refractivity contribution in [2.24, 2.45) is 17.3 Å². The number of cyclic esters (lactones) is 1. The standard InChI is InChI=1S/C49H60N6O8S/c1-9-41(57)54-19-16-32(26-54)46(59)53(7)43(28(2)3)45(58)51-39-22-30-20-33(23-34(56)21-30)31-14-15-40-36(24-31)37(44(64-40)35-12-10-17-50-42(35)29(4)62-8)25-49(5,6)27-63-48(61)38-13-11-18-55(52-38)47(39)60/h9-10,12,14-15,17,20-21,23-24,28-29,32,38-39,43,52,56H,1,11,13,16,18-19,22,25-27H2,2-8H3,(H,51,58)/t29-,32-,38-,39-,43-/m0/s1. The lowest BCUT2D eigenvalue weighted by Crippen LogP contribution is -2.62. The molecule has 0 saturated carbocycles. The Balaban J connectivity index is 1.28. The summed E-state index contributed by atoms with van der Waals surface area (Å²) in [5.41, 5.74) is 7.61. The number of phenols is 1. The van der Waals surface area contributed by atoms with Gasteiger partial charge in [-0.3, -0.25) is 34.0 Å². The van der Waals surface area contributed by atoms with E-state index in [4.69, 9.17) is 14.5 Å². The minimum absolute atomic E-state index is 0.00522. The van der Waals surface area contributed by atoms with Gasteiger partial charge in [-0.25, -0.2) is 5.43 Å². The summed E-state index contributed by atoms with van der Waals surface area (Å²) in [4.78, 5) is 77.9. The van der Waals surface area contributed by atoms with Crippen LogP contribution in [-0.2, 0) is 46.3 Å². The number of hydrogen-bond donors (Lipinski definition) is 3. The van der Waals surface area contributed by atoms with Crippen LogP contribution < -0.4 is 10.7 Å². The number of benzene rings is 2. The third-order valence-electron chi connectivity index (χ3n) is 12.7. The van der Waals surface area contributed by atoms with Crippen LogP contribution in [0.3, 0.4) is 0 Å². The number of amides is 4. The molecule has 6 bridgehead atoms. The normalized spacial score (nSPS) is 21.2. The van der Waals surface area contributed by atoms with Crippen molar-refractivity contribution in [2.75, 3.05) is 40.4 Å². The summed E-state index contributed by atoms with van der Waals surface area (Å²) in [5.74, 6) is -2.84. The summed E-state index contributed by atoms with van der Waals surface area (Å²) in [7, 11) is 3.24. The number of fused-ring (bicyclic) bond motifs is 6. The number of carbonyl (C=O) groups is 5. The van der Waals surface area contributed by atoms with Crippen LogP contribution in [0.1, 0.15) is 76.8 Å². The zero-order valence-electron chi connectivity index (χ0n) is 37.8. The Morgan fingerprint density at radius 1 is 1.09 bits per heavy atom. The molecule has 7 rings (SSSR count). The number of hydrazine groups is 1. The minimum atomic E-state index is -1.16. The van der Waals surface area contributed by atoms with Crippen molar-refractivity contribution < 1.29 is 38.6 Å². The third-order valence-corrected chi connectivity index (χ3v) is 13.9. The van der Waals surface area contributed by atoms with Gasteiger partial charge in [0.05, 0.1) is 24.3 Å². The van der Waals surface area contributed by atoms with Crippen LogP contribution >= 0.6 is 11.3 Å². The maximum absolute atomic E-state index is 14.7. The average Bonchev–Trinajstić information content (AvgIpc) is 3.91. The van der Waals surface area contributed by atoms with Crippen molar-refractivity contribution in [3.05, 3.63) is 84.2 Å². The van der Waals surface area contributed by atoms with Gasteiger partial charge < -0.3 is 29.7 Å². The number of nitrogens with one attached hydrogen (secondary N) is 2. The molecule has 0 radical (unpaired) electrons. The number of ether oxygens (including phenoxy) is 2. The lowest BCUT2D eigenvalue weighted by Gasteiger charge is -2.37. The minimum Gasteiger partial charge on any atom is -0.508 e. The molecule has 14 nitrogen and oxygen atoms in total. The second kappa shape index (κ2) is 19.2. The van der Waals surface area contributed by atoms with Gasteiger partial charge in [-0.2, -0.15) is 0 Å². The Hall–Kier alpha value is -5.64. The van der Waals surface area contributed by atoms with Gasteiger partial charge in [-0.15, -0.1) is 11.3 Å². The first-order valence-electron chi connectivity index (χ1n) is 22.1. The van der Waals surface area contributed by atoms with E-state index in [-0.39, 0.29) is 55.7 Å². The average molecular weight is 893 g/mol. The first-order chi connectivity index (χ1) is 30.5. The number of aromatic nitrogens is 1. The quantitative estimate of drug-likeness (QED) is 0.130. The maximum Gasteiger partial charge on any atom is 0.324 e. The highest BCUT2D eigenvalue weighted by molar-refractivity contribution is 7.22. The summed E-state index contributed by atoms with van der Waals surface area (Å²) in [5, 5.41) is 16.6. The van der Waals surface area contributed by atoms with E-state index < -0.39 is 47.2 Å². The van der Waals surface area contributed by atoms with Crippen molar-refractivity contribution in [3.63, 3.8) is 0 Å². The van der Waals surface area contributed by atoms with Crippen molar-refractivity contribution >= 4 is 51.0 Å². The predicted octanol–water partition coefficient (Wildman–Crippen LogP) is 6.21. The Morgan fingerprint density at radius 2 is 1.88 bits per heavy atom. The van der Waals surface area contributed by atoms with Gasteiger partial charge in [-0.1, -0.05) is 52.5 Å². The zero-order valence-corrected chi connectivity index (χ0v) is 38.6. The fourth-order valence-electron chi connectivity index (χ4n) is 9.26. The highest BCUT2D eigenvalue weighted by atomic mass is 32.1. The number of likely N-dealkylation sites (tertiary alicyclic amines) is 1. The summed E-state index contributed by atoms with van der Waals surface area (Å²) >= 11 is 1.66. The number of phenolic OH excluding ortho intramolecular Hbond substituents is 1.